The first-order valence-electron chi connectivity index (χ1n) is 3.96. The Kier molecular flexibility index (Phi) is 1.93. The lowest BCUT2D eigenvalue weighted by atomic mass is 10.5. The number of hydrogen-bond donors (Lipinski definition) is 0. The van der Waals surface area contributed by atoms with E-state index in [1.807, 2.05) is 18.3 Å². The molecule has 0 atom stereocenters. The number of rotatable bonds is 0. The zero-order valence-corrected chi connectivity index (χ0v) is 10.9. The van der Waals surface area contributed by atoms with E-state index in [0.29, 0.717) is 0 Å². The fraction of sp³-hybridized carbons (Fsp3) is 0. The van der Waals surface area contributed by atoms with Gasteiger partial charge in [-0.2, -0.15) is 0 Å². The summed E-state index contributed by atoms with van der Waals surface area (Å²) < 4.78 is 4.26. The molecule has 0 amide bonds. The van der Waals surface area contributed by atoms with Crippen LogP contribution in [0.5, 0.6) is 0 Å². The highest BCUT2D eigenvalue weighted by molar-refractivity contribution is 9.11. The summed E-state index contributed by atoms with van der Waals surface area (Å²) in [5.41, 5.74) is 2.12. The molecule has 3 heterocycles. The molecule has 0 saturated carbocycles. The van der Waals surface area contributed by atoms with Gasteiger partial charge in [-0.25, -0.2) is 0 Å². The molecule has 0 unspecified atom stereocenters. The predicted molar refractivity (Wildman–Crippen MR) is 66.0 cm³/mol. The SMILES string of the molecule is Brc1cc(Br)n2c1cnc1ccsc12. The van der Waals surface area contributed by atoms with E-state index in [-0.39, 0.29) is 0 Å². The van der Waals surface area contributed by atoms with E-state index >= 15 is 0 Å². The maximum absolute atomic E-state index is 4.38. The third-order valence-electron chi connectivity index (χ3n) is 2.10. The highest BCUT2D eigenvalue weighted by atomic mass is 79.9. The Morgan fingerprint density at radius 2 is 2.21 bits per heavy atom. The van der Waals surface area contributed by atoms with Gasteiger partial charge in [-0.05, 0) is 49.4 Å². The van der Waals surface area contributed by atoms with Crippen molar-refractivity contribution >= 4 is 59.1 Å². The second-order valence-electron chi connectivity index (χ2n) is 2.90. The summed E-state index contributed by atoms with van der Waals surface area (Å²) in [7, 11) is 0. The van der Waals surface area contributed by atoms with Gasteiger partial charge in [0.15, 0.2) is 0 Å². The highest BCUT2D eigenvalue weighted by Gasteiger charge is 2.09. The lowest BCUT2D eigenvalue weighted by Crippen LogP contribution is -1.86. The van der Waals surface area contributed by atoms with Crippen LogP contribution in [0.1, 0.15) is 0 Å². The van der Waals surface area contributed by atoms with E-state index in [4.69, 9.17) is 0 Å². The second-order valence-corrected chi connectivity index (χ2v) is 5.47. The van der Waals surface area contributed by atoms with E-state index in [2.05, 4.69) is 46.6 Å². The summed E-state index contributed by atoms with van der Waals surface area (Å²) in [5.74, 6) is 0. The average molecular weight is 332 g/mol. The van der Waals surface area contributed by atoms with E-state index in [1.54, 1.807) is 11.3 Å². The minimum atomic E-state index is 1.03. The molecule has 0 aliphatic carbocycles. The largest absolute Gasteiger partial charge is 0.291 e. The molecule has 0 radical (unpaired) electrons. The number of aromatic nitrogens is 2. The van der Waals surface area contributed by atoms with Crippen molar-refractivity contribution in [2.75, 3.05) is 0 Å². The summed E-state index contributed by atoms with van der Waals surface area (Å²) in [6.45, 7) is 0. The molecule has 3 rings (SSSR count). The van der Waals surface area contributed by atoms with Gasteiger partial charge in [0.25, 0.3) is 0 Å². The molecule has 0 fully saturated rings. The topological polar surface area (TPSA) is 17.3 Å². The van der Waals surface area contributed by atoms with Gasteiger partial charge < -0.3 is 0 Å². The molecule has 0 saturated heterocycles. The Morgan fingerprint density at radius 3 is 3.07 bits per heavy atom. The van der Waals surface area contributed by atoms with Crippen LogP contribution in [0.15, 0.2) is 32.8 Å². The van der Waals surface area contributed by atoms with E-state index < -0.39 is 0 Å². The second kappa shape index (κ2) is 3.05. The molecule has 0 aromatic carbocycles. The first kappa shape index (κ1) is 8.88. The van der Waals surface area contributed by atoms with Crippen LogP contribution < -0.4 is 0 Å². The quantitative estimate of drug-likeness (QED) is 0.607. The summed E-state index contributed by atoms with van der Waals surface area (Å²) in [5, 5.41) is 2.05. The zero-order chi connectivity index (χ0) is 9.71. The predicted octanol–water partition coefficient (Wildman–Crippen LogP) is 4.07. The Hall–Kier alpha value is -0.390. The van der Waals surface area contributed by atoms with Gasteiger partial charge in [-0.3, -0.25) is 9.38 Å². The van der Waals surface area contributed by atoms with Crippen molar-refractivity contribution in [3.63, 3.8) is 0 Å². The van der Waals surface area contributed by atoms with Crippen LogP contribution >= 0.6 is 43.2 Å². The Morgan fingerprint density at radius 1 is 1.36 bits per heavy atom. The van der Waals surface area contributed by atoms with E-state index in [9.17, 15) is 0 Å². The van der Waals surface area contributed by atoms with Gasteiger partial charge in [0, 0.05) is 4.47 Å². The third kappa shape index (κ3) is 1.09. The minimum absolute atomic E-state index is 1.03. The number of fused-ring (bicyclic) bond motifs is 3. The van der Waals surface area contributed by atoms with Crippen molar-refractivity contribution in [1.82, 2.24) is 9.38 Å². The molecule has 0 aliphatic heterocycles. The lowest BCUT2D eigenvalue weighted by molar-refractivity contribution is 1.21. The molecule has 0 N–H and O–H groups in total. The molecule has 3 aromatic rings. The fourth-order valence-corrected chi connectivity index (χ4v) is 3.87. The van der Waals surface area contributed by atoms with Crippen molar-refractivity contribution in [2.24, 2.45) is 0 Å². The summed E-state index contributed by atoms with van der Waals surface area (Å²) in [4.78, 5) is 5.55. The van der Waals surface area contributed by atoms with Crippen molar-refractivity contribution in [2.45, 2.75) is 0 Å². The standard InChI is InChI=1S/C9H4Br2N2S/c10-5-3-8(11)13-7(5)4-12-6-1-2-14-9(6)13/h1-4H. The maximum Gasteiger partial charge on any atom is 0.127 e. The van der Waals surface area contributed by atoms with Gasteiger partial charge in [0.2, 0.25) is 0 Å². The normalized spacial score (nSPS) is 11.6. The summed E-state index contributed by atoms with van der Waals surface area (Å²) in [6.07, 6.45) is 1.88. The highest BCUT2D eigenvalue weighted by Crippen LogP contribution is 2.30. The van der Waals surface area contributed by atoms with Crippen LogP contribution in [-0.2, 0) is 0 Å². The van der Waals surface area contributed by atoms with Crippen LogP contribution in [0.3, 0.4) is 0 Å². The van der Waals surface area contributed by atoms with Crippen molar-refractivity contribution in [1.29, 1.82) is 0 Å². The molecule has 14 heavy (non-hydrogen) atoms. The monoisotopic (exact) mass is 330 g/mol. The lowest BCUT2D eigenvalue weighted by Gasteiger charge is -1.98. The summed E-state index contributed by atoms with van der Waals surface area (Å²) in [6, 6.07) is 4.07. The first-order valence-corrected chi connectivity index (χ1v) is 6.42. The fourth-order valence-electron chi connectivity index (χ4n) is 1.48. The number of hydrogen-bond acceptors (Lipinski definition) is 2. The van der Waals surface area contributed by atoms with Crippen molar-refractivity contribution in [3.8, 4) is 0 Å². The molecular formula is C9H4Br2N2S. The molecule has 0 spiro atoms. The molecule has 0 aliphatic rings. The van der Waals surface area contributed by atoms with Gasteiger partial charge in [-0.15, -0.1) is 11.3 Å². The smallest absolute Gasteiger partial charge is 0.127 e. The van der Waals surface area contributed by atoms with Gasteiger partial charge in [0.1, 0.15) is 4.83 Å². The number of nitrogens with zero attached hydrogens (tertiary/aromatic N) is 2. The Bertz CT molecular complexity index is 626. The molecule has 70 valence electrons. The van der Waals surface area contributed by atoms with Crippen LogP contribution in [0.4, 0.5) is 0 Å². The summed E-state index contributed by atoms with van der Waals surface area (Å²) >= 11 is 8.73. The van der Waals surface area contributed by atoms with E-state index in [0.717, 1.165) is 20.1 Å². The van der Waals surface area contributed by atoms with Crippen LogP contribution in [-0.4, -0.2) is 9.38 Å². The molecule has 5 heteroatoms. The van der Waals surface area contributed by atoms with Crippen molar-refractivity contribution < 1.29 is 0 Å². The minimum Gasteiger partial charge on any atom is -0.291 e. The Labute approximate surface area is 101 Å². The third-order valence-corrected chi connectivity index (χ3v) is 4.20. The van der Waals surface area contributed by atoms with Gasteiger partial charge >= 0.3 is 0 Å². The number of thiophene rings is 1. The van der Waals surface area contributed by atoms with Crippen molar-refractivity contribution in [3.05, 3.63) is 32.8 Å². The van der Waals surface area contributed by atoms with Gasteiger partial charge in [-0.1, -0.05) is 0 Å². The Balaban J connectivity index is 2.68. The maximum atomic E-state index is 4.38. The molecule has 2 nitrogen and oxygen atoms in total. The van der Waals surface area contributed by atoms with Crippen LogP contribution in [0.25, 0.3) is 15.9 Å². The number of halogens is 2. The van der Waals surface area contributed by atoms with Crippen LogP contribution in [0.2, 0.25) is 0 Å². The van der Waals surface area contributed by atoms with Gasteiger partial charge in [0.05, 0.1) is 21.8 Å². The zero-order valence-electron chi connectivity index (χ0n) is 6.87. The van der Waals surface area contributed by atoms with Crippen LogP contribution in [0, 0.1) is 0 Å². The average Bonchev–Trinajstić information content (AvgIpc) is 2.71. The molecule has 3 aromatic heterocycles. The molecule has 0 bridgehead atoms. The molecular weight excluding hydrogens is 328 g/mol. The van der Waals surface area contributed by atoms with E-state index in [1.165, 1.54) is 4.83 Å². The first-order chi connectivity index (χ1) is 6.77.